The van der Waals surface area contributed by atoms with Gasteiger partial charge < -0.3 is 5.11 Å². The second kappa shape index (κ2) is 4.79. The fourth-order valence-corrected chi connectivity index (χ4v) is 2.66. The first-order valence-corrected chi connectivity index (χ1v) is 6.77. The highest BCUT2D eigenvalue weighted by Gasteiger charge is 2.11. The first kappa shape index (κ1) is 12.4. The van der Waals surface area contributed by atoms with E-state index in [-0.39, 0.29) is 5.88 Å². The fraction of sp³-hybridized carbons (Fsp3) is 0.0714. The zero-order valence-corrected chi connectivity index (χ0v) is 11.4. The Morgan fingerprint density at radius 1 is 1.35 bits per heavy atom. The SMILES string of the molecule is Cc1cc(O)n(-c2nc(-c3cccc(C#N)c3)cs2)n1. The summed E-state index contributed by atoms with van der Waals surface area (Å²) in [6, 6.07) is 10.9. The molecule has 0 bridgehead atoms. The zero-order valence-electron chi connectivity index (χ0n) is 10.6. The number of benzene rings is 1. The van der Waals surface area contributed by atoms with Gasteiger partial charge in [-0.05, 0) is 19.1 Å². The molecular formula is C14H10N4OS. The van der Waals surface area contributed by atoms with E-state index in [2.05, 4.69) is 16.2 Å². The molecule has 20 heavy (non-hydrogen) atoms. The number of rotatable bonds is 2. The predicted molar refractivity (Wildman–Crippen MR) is 75.8 cm³/mol. The molecule has 0 aliphatic rings. The van der Waals surface area contributed by atoms with Gasteiger partial charge in [0.15, 0.2) is 0 Å². The van der Waals surface area contributed by atoms with Crippen LogP contribution in [0.4, 0.5) is 0 Å². The summed E-state index contributed by atoms with van der Waals surface area (Å²) in [6.45, 7) is 1.81. The monoisotopic (exact) mass is 282 g/mol. The molecule has 3 aromatic rings. The van der Waals surface area contributed by atoms with Crippen molar-refractivity contribution in [2.45, 2.75) is 6.92 Å². The molecule has 2 heterocycles. The molecule has 3 rings (SSSR count). The summed E-state index contributed by atoms with van der Waals surface area (Å²) in [5.74, 6) is 0.0641. The summed E-state index contributed by atoms with van der Waals surface area (Å²) in [4.78, 5) is 4.45. The van der Waals surface area contributed by atoms with E-state index in [1.165, 1.54) is 16.0 Å². The number of nitrogens with zero attached hydrogens (tertiary/aromatic N) is 4. The van der Waals surface area contributed by atoms with E-state index < -0.39 is 0 Å². The lowest BCUT2D eigenvalue weighted by atomic mass is 10.1. The molecule has 0 unspecified atom stereocenters. The Bertz CT molecular complexity index is 813. The Kier molecular flexibility index (Phi) is 2.97. The summed E-state index contributed by atoms with van der Waals surface area (Å²) < 4.78 is 1.40. The van der Waals surface area contributed by atoms with Crippen molar-refractivity contribution < 1.29 is 5.11 Å². The fourth-order valence-electron chi connectivity index (χ4n) is 1.87. The largest absolute Gasteiger partial charge is 0.493 e. The highest BCUT2D eigenvalue weighted by Crippen LogP contribution is 2.26. The first-order chi connectivity index (χ1) is 9.67. The van der Waals surface area contributed by atoms with Gasteiger partial charge in [0, 0.05) is 17.0 Å². The second-order valence-electron chi connectivity index (χ2n) is 4.26. The molecule has 0 atom stereocenters. The maximum absolute atomic E-state index is 9.77. The molecule has 0 fully saturated rings. The van der Waals surface area contributed by atoms with Crippen molar-refractivity contribution in [2.24, 2.45) is 0 Å². The number of hydrogen-bond donors (Lipinski definition) is 1. The molecule has 0 aliphatic heterocycles. The molecule has 5 nitrogen and oxygen atoms in total. The molecule has 0 spiro atoms. The number of thiazole rings is 1. The predicted octanol–water partition coefficient (Wildman–Crippen LogP) is 2.88. The van der Waals surface area contributed by atoms with Crippen molar-refractivity contribution >= 4 is 11.3 Å². The average molecular weight is 282 g/mol. The number of nitriles is 1. The van der Waals surface area contributed by atoms with E-state index >= 15 is 0 Å². The molecule has 0 saturated heterocycles. The van der Waals surface area contributed by atoms with Gasteiger partial charge in [0.05, 0.1) is 23.0 Å². The van der Waals surface area contributed by atoms with Crippen LogP contribution in [0.2, 0.25) is 0 Å². The van der Waals surface area contributed by atoms with Crippen LogP contribution in [0.25, 0.3) is 16.4 Å². The van der Waals surface area contributed by atoms with Crippen molar-refractivity contribution in [3.8, 4) is 28.3 Å². The second-order valence-corrected chi connectivity index (χ2v) is 5.10. The van der Waals surface area contributed by atoms with Crippen molar-refractivity contribution in [3.63, 3.8) is 0 Å². The van der Waals surface area contributed by atoms with Gasteiger partial charge in [0.25, 0.3) is 0 Å². The zero-order chi connectivity index (χ0) is 14.1. The van der Waals surface area contributed by atoms with Crippen molar-refractivity contribution in [1.29, 1.82) is 5.26 Å². The quantitative estimate of drug-likeness (QED) is 0.784. The standard InChI is InChI=1S/C14H10N4OS/c1-9-5-13(19)18(17-9)14-16-12(8-20-14)11-4-2-3-10(6-11)7-15/h2-6,8,19H,1H3. The minimum absolute atomic E-state index is 0.0641. The van der Waals surface area contributed by atoms with Gasteiger partial charge in [-0.3, -0.25) is 0 Å². The van der Waals surface area contributed by atoms with Gasteiger partial charge in [-0.2, -0.15) is 15.0 Å². The molecule has 6 heteroatoms. The highest BCUT2D eigenvalue weighted by atomic mass is 32.1. The summed E-state index contributed by atoms with van der Waals surface area (Å²) in [6.07, 6.45) is 0. The number of hydrogen-bond acceptors (Lipinski definition) is 5. The van der Waals surface area contributed by atoms with Crippen molar-refractivity contribution in [1.82, 2.24) is 14.8 Å². The van der Waals surface area contributed by atoms with E-state index in [1.807, 2.05) is 17.5 Å². The normalized spacial score (nSPS) is 10.4. The van der Waals surface area contributed by atoms with Crippen molar-refractivity contribution in [3.05, 3.63) is 47.0 Å². The third kappa shape index (κ3) is 2.15. The minimum Gasteiger partial charge on any atom is -0.493 e. The molecular weight excluding hydrogens is 272 g/mol. The summed E-state index contributed by atoms with van der Waals surface area (Å²) in [7, 11) is 0. The maximum Gasteiger partial charge on any atom is 0.216 e. The number of aromatic nitrogens is 3. The van der Waals surface area contributed by atoms with Gasteiger partial charge in [0.1, 0.15) is 0 Å². The molecule has 0 radical (unpaired) electrons. The molecule has 2 aromatic heterocycles. The molecule has 1 N–H and O–H groups in total. The van der Waals surface area contributed by atoms with E-state index in [0.29, 0.717) is 10.7 Å². The summed E-state index contributed by atoms with van der Waals surface area (Å²) in [5, 5.41) is 25.3. The lowest BCUT2D eigenvalue weighted by Gasteiger charge is -1.98. The molecule has 0 amide bonds. The van der Waals surface area contributed by atoms with Crippen LogP contribution in [0.5, 0.6) is 5.88 Å². The van der Waals surface area contributed by atoms with Gasteiger partial charge in [0.2, 0.25) is 11.0 Å². The Hall–Kier alpha value is -2.65. The molecule has 98 valence electrons. The molecule has 0 saturated carbocycles. The maximum atomic E-state index is 9.77. The number of aryl methyl sites for hydroxylation is 1. The third-order valence-electron chi connectivity index (χ3n) is 2.77. The smallest absolute Gasteiger partial charge is 0.216 e. The van der Waals surface area contributed by atoms with Gasteiger partial charge in [-0.25, -0.2) is 4.98 Å². The van der Waals surface area contributed by atoms with Gasteiger partial charge in [-0.1, -0.05) is 12.1 Å². The minimum atomic E-state index is 0.0641. The van der Waals surface area contributed by atoms with Gasteiger partial charge in [-0.15, -0.1) is 11.3 Å². The van der Waals surface area contributed by atoms with E-state index in [0.717, 1.165) is 17.0 Å². The van der Waals surface area contributed by atoms with Crippen LogP contribution in [-0.4, -0.2) is 19.9 Å². The van der Waals surface area contributed by atoms with Crippen LogP contribution in [0.1, 0.15) is 11.3 Å². The van der Waals surface area contributed by atoms with Crippen LogP contribution in [0, 0.1) is 18.3 Å². The lowest BCUT2D eigenvalue weighted by molar-refractivity contribution is 0.433. The molecule has 0 aliphatic carbocycles. The van der Waals surface area contributed by atoms with E-state index in [4.69, 9.17) is 5.26 Å². The van der Waals surface area contributed by atoms with E-state index in [9.17, 15) is 5.11 Å². The van der Waals surface area contributed by atoms with Gasteiger partial charge >= 0.3 is 0 Å². The Labute approximate surface area is 119 Å². The first-order valence-electron chi connectivity index (χ1n) is 5.89. The topological polar surface area (TPSA) is 74.7 Å². The van der Waals surface area contributed by atoms with Crippen LogP contribution in [-0.2, 0) is 0 Å². The van der Waals surface area contributed by atoms with Crippen LogP contribution < -0.4 is 0 Å². The Morgan fingerprint density at radius 2 is 2.20 bits per heavy atom. The lowest BCUT2D eigenvalue weighted by Crippen LogP contribution is -1.95. The Morgan fingerprint density at radius 3 is 2.90 bits per heavy atom. The summed E-state index contributed by atoms with van der Waals surface area (Å²) >= 11 is 1.38. The van der Waals surface area contributed by atoms with Crippen LogP contribution in [0.15, 0.2) is 35.7 Å². The van der Waals surface area contributed by atoms with E-state index in [1.54, 1.807) is 25.1 Å². The number of aromatic hydroxyl groups is 1. The summed E-state index contributed by atoms with van der Waals surface area (Å²) in [5.41, 5.74) is 2.95. The highest BCUT2D eigenvalue weighted by molar-refractivity contribution is 7.12. The third-order valence-corrected chi connectivity index (χ3v) is 3.59. The van der Waals surface area contributed by atoms with Crippen molar-refractivity contribution in [2.75, 3.05) is 0 Å². The molecule has 1 aromatic carbocycles. The Balaban J connectivity index is 2.02. The van der Waals surface area contributed by atoms with Crippen LogP contribution in [0.3, 0.4) is 0 Å². The van der Waals surface area contributed by atoms with Crippen LogP contribution >= 0.6 is 11.3 Å². The average Bonchev–Trinajstić information content (AvgIpc) is 3.05.